The molecule has 0 aliphatic carbocycles. The number of likely N-dealkylation sites (tertiary alicyclic amines) is 1. The van der Waals surface area contributed by atoms with Gasteiger partial charge in [0.15, 0.2) is 0 Å². The zero-order chi connectivity index (χ0) is 15.7. The Balaban J connectivity index is 0.00000192. The molecule has 2 aliphatic heterocycles. The van der Waals surface area contributed by atoms with Gasteiger partial charge in [0, 0.05) is 11.4 Å². The first-order chi connectivity index (χ1) is 10.6. The Bertz CT molecular complexity index is 577. The van der Waals surface area contributed by atoms with E-state index in [9.17, 15) is 14.7 Å². The van der Waals surface area contributed by atoms with Crippen molar-refractivity contribution in [3.05, 3.63) is 21.9 Å². The van der Waals surface area contributed by atoms with Gasteiger partial charge in [-0.15, -0.1) is 23.7 Å². The molecule has 1 amide bonds. The lowest BCUT2D eigenvalue weighted by Gasteiger charge is -2.36. The maximum Gasteiger partial charge on any atom is 0.320 e. The third-order valence-electron chi connectivity index (χ3n) is 4.79. The summed E-state index contributed by atoms with van der Waals surface area (Å²) < 4.78 is 0. The monoisotopic (exact) mass is 358 g/mol. The van der Waals surface area contributed by atoms with E-state index in [0.717, 1.165) is 25.8 Å². The highest BCUT2D eigenvalue weighted by Crippen LogP contribution is 2.35. The third kappa shape index (κ3) is 3.54. The highest BCUT2D eigenvalue weighted by atomic mass is 35.5. The van der Waals surface area contributed by atoms with Crippen molar-refractivity contribution in [2.24, 2.45) is 0 Å². The van der Waals surface area contributed by atoms with Crippen molar-refractivity contribution in [3.8, 4) is 0 Å². The van der Waals surface area contributed by atoms with Crippen molar-refractivity contribution in [1.29, 1.82) is 0 Å². The molecular weight excluding hydrogens is 336 g/mol. The van der Waals surface area contributed by atoms with Crippen molar-refractivity contribution in [3.63, 3.8) is 0 Å². The zero-order valence-electron chi connectivity index (χ0n) is 13.2. The molecule has 2 aliphatic rings. The predicted octanol–water partition coefficient (Wildman–Crippen LogP) is 2.55. The second-order valence-corrected chi connectivity index (χ2v) is 7.03. The molecule has 128 valence electrons. The highest BCUT2D eigenvalue weighted by molar-refractivity contribution is 7.10. The van der Waals surface area contributed by atoms with Crippen molar-refractivity contribution in [1.82, 2.24) is 9.80 Å². The molecule has 0 bridgehead atoms. The smallest absolute Gasteiger partial charge is 0.320 e. The molecule has 0 saturated carbocycles. The van der Waals surface area contributed by atoms with Gasteiger partial charge in [-0.3, -0.25) is 14.5 Å². The number of carbonyl (C=O) groups excluding carboxylic acids is 1. The van der Waals surface area contributed by atoms with Crippen LogP contribution in [0.25, 0.3) is 0 Å². The van der Waals surface area contributed by atoms with Crippen molar-refractivity contribution in [2.45, 2.75) is 44.7 Å². The number of carbonyl (C=O) groups is 2. The zero-order valence-corrected chi connectivity index (χ0v) is 14.9. The highest BCUT2D eigenvalue weighted by Gasteiger charge is 2.35. The second kappa shape index (κ2) is 7.64. The van der Waals surface area contributed by atoms with Gasteiger partial charge in [-0.2, -0.15) is 0 Å². The molecule has 1 fully saturated rings. The van der Waals surface area contributed by atoms with Gasteiger partial charge in [0.05, 0.1) is 12.6 Å². The summed E-state index contributed by atoms with van der Waals surface area (Å²) in [6.07, 6.45) is 3.32. The SMILES string of the molecule is CCC1c2ccsc2CCN1C(=O)CN1CCC[C@@H]1C(=O)O.Cl. The van der Waals surface area contributed by atoms with Crippen LogP contribution < -0.4 is 0 Å². The van der Waals surface area contributed by atoms with Gasteiger partial charge in [-0.1, -0.05) is 6.92 Å². The van der Waals surface area contributed by atoms with E-state index in [-0.39, 0.29) is 30.9 Å². The Morgan fingerprint density at radius 1 is 1.39 bits per heavy atom. The molecule has 1 saturated heterocycles. The number of fused-ring (bicyclic) bond motifs is 1. The predicted molar refractivity (Wildman–Crippen MR) is 92.2 cm³/mol. The molecule has 23 heavy (non-hydrogen) atoms. The normalized spacial score (nSPS) is 24.1. The summed E-state index contributed by atoms with van der Waals surface area (Å²) in [5, 5.41) is 11.3. The quantitative estimate of drug-likeness (QED) is 0.898. The summed E-state index contributed by atoms with van der Waals surface area (Å²) in [5.41, 5.74) is 1.28. The van der Waals surface area contributed by atoms with E-state index in [1.165, 1.54) is 10.4 Å². The largest absolute Gasteiger partial charge is 0.480 e. The van der Waals surface area contributed by atoms with Crippen LogP contribution >= 0.6 is 23.7 Å². The number of halogens is 1. The van der Waals surface area contributed by atoms with Crippen molar-refractivity contribution < 1.29 is 14.7 Å². The molecule has 7 heteroatoms. The van der Waals surface area contributed by atoms with Crippen LogP contribution in [0.4, 0.5) is 0 Å². The number of nitrogens with zero attached hydrogens (tertiary/aromatic N) is 2. The number of rotatable bonds is 4. The number of hydrogen-bond donors (Lipinski definition) is 1. The Hall–Kier alpha value is -1.11. The standard InChI is InChI=1S/C16H22N2O3S.ClH/c1-2-12-11-6-9-22-14(11)5-8-18(12)15(19)10-17-7-3-4-13(17)16(20)21;/h6,9,12-13H,2-5,7-8,10H2,1H3,(H,20,21);1H/t12?,13-;/m1./s1. The van der Waals surface area contributed by atoms with Gasteiger partial charge in [0.25, 0.3) is 0 Å². The molecule has 0 aromatic carbocycles. The summed E-state index contributed by atoms with van der Waals surface area (Å²) in [6, 6.07) is 1.78. The van der Waals surface area contributed by atoms with E-state index >= 15 is 0 Å². The first kappa shape index (κ1) is 18.2. The number of thiophene rings is 1. The Labute approximate surface area is 146 Å². The Morgan fingerprint density at radius 3 is 2.87 bits per heavy atom. The second-order valence-electron chi connectivity index (χ2n) is 6.03. The molecule has 1 N–H and O–H groups in total. The molecule has 3 rings (SSSR count). The topological polar surface area (TPSA) is 60.9 Å². The van der Waals surface area contributed by atoms with Gasteiger partial charge in [-0.05, 0) is 49.2 Å². The van der Waals surface area contributed by atoms with Gasteiger partial charge >= 0.3 is 5.97 Å². The molecule has 1 aromatic heterocycles. The first-order valence-electron chi connectivity index (χ1n) is 7.94. The molecule has 1 aromatic rings. The fourth-order valence-electron chi connectivity index (χ4n) is 3.69. The minimum Gasteiger partial charge on any atom is -0.480 e. The molecule has 2 atom stereocenters. The summed E-state index contributed by atoms with van der Waals surface area (Å²) in [6.45, 7) is 3.79. The van der Waals surface area contributed by atoms with E-state index in [0.29, 0.717) is 13.0 Å². The van der Waals surface area contributed by atoms with Crippen LogP contribution in [-0.4, -0.2) is 52.5 Å². The van der Waals surface area contributed by atoms with Crippen LogP contribution in [0.15, 0.2) is 11.4 Å². The number of carboxylic acids is 1. The molecule has 3 heterocycles. The van der Waals surface area contributed by atoms with Gasteiger partial charge in [0.2, 0.25) is 5.91 Å². The van der Waals surface area contributed by atoms with Crippen molar-refractivity contribution in [2.75, 3.05) is 19.6 Å². The number of aliphatic carboxylic acids is 1. The average Bonchev–Trinajstić information content (AvgIpc) is 3.14. The summed E-state index contributed by atoms with van der Waals surface area (Å²) in [7, 11) is 0. The maximum absolute atomic E-state index is 12.7. The summed E-state index contributed by atoms with van der Waals surface area (Å²) >= 11 is 1.77. The van der Waals surface area contributed by atoms with Gasteiger partial charge < -0.3 is 10.0 Å². The van der Waals surface area contributed by atoms with E-state index in [4.69, 9.17) is 0 Å². The van der Waals surface area contributed by atoms with Crippen LogP contribution in [0.3, 0.4) is 0 Å². The van der Waals surface area contributed by atoms with E-state index in [1.807, 2.05) is 9.80 Å². The van der Waals surface area contributed by atoms with Gasteiger partial charge in [-0.25, -0.2) is 0 Å². The lowest BCUT2D eigenvalue weighted by Crippen LogP contribution is -2.47. The lowest BCUT2D eigenvalue weighted by molar-refractivity contribution is -0.144. The fraction of sp³-hybridized carbons (Fsp3) is 0.625. The average molecular weight is 359 g/mol. The Kier molecular flexibility index (Phi) is 6.06. The first-order valence-corrected chi connectivity index (χ1v) is 8.82. The summed E-state index contributed by atoms with van der Waals surface area (Å²) in [4.78, 5) is 29.1. The molecular formula is C16H23ClN2O3S. The van der Waals surface area contributed by atoms with Crippen LogP contribution in [0.5, 0.6) is 0 Å². The van der Waals surface area contributed by atoms with Crippen LogP contribution in [0.1, 0.15) is 42.7 Å². The van der Waals surface area contributed by atoms with Gasteiger partial charge in [0.1, 0.15) is 6.04 Å². The van der Waals surface area contributed by atoms with E-state index in [1.54, 1.807) is 11.3 Å². The van der Waals surface area contributed by atoms with E-state index in [2.05, 4.69) is 18.4 Å². The van der Waals surface area contributed by atoms with Crippen LogP contribution in [0.2, 0.25) is 0 Å². The number of carboxylic acid groups (broad SMARTS) is 1. The fourth-order valence-corrected chi connectivity index (χ4v) is 4.62. The van der Waals surface area contributed by atoms with Crippen molar-refractivity contribution >= 4 is 35.6 Å². The molecule has 0 spiro atoms. The van der Waals surface area contributed by atoms with Crippen LogP contribution in [0, 0.1) is 0 Å². The minimum atomic E-state index is -0.809. The molecule has 1 unspecified atom stereocenters. The Morgan fingerprint density at radius 2 is 2.17 bits per heavy atom. The lowest BCUT2D eigenvalue weighted by atomic mass is 9.97. The maximum atomic E-state index is 12.7. The molecule has 5 nitrogen and oxygen atoms in total. The minimum absolute atomic E-state index is 0. The third-order valence-corrected chi connectivity index (χ3v) is 5.79. The number of amides is 1. The van der Waals surface area contributed by atoms with Crippen LogP contribution in [-0.2, 0) is 16.0 Å². The van der Waals surface area contributed by atoms with E-state index < -0.39 is 12.0 Å². The molecule has 0 radical (unpaired) electrons. The number of hydrogen-bond acceptors (Lipinski definition) is 4. The summed E-state index contributed by atoms with van der Waals surface area (Å²) in [5.74, 6) is -0.743.